The molecule has 2 aliphatic carbocycles. The van der Waals surface area contributed by atoms with Gasteiger partial charge in [-0.25, -0.2) is 0 Å². The van der Waals surface area contributed by atoms with Crippen LogP contribution in [0.5, 0.6) is 0 Å². The zero-order chi connectivity index (χ0) is 13.2. The molecule has 2 heteroatoms. The van der Waals surface area contributed by atoms with Crippen molar-refractivity contribution in [3.63, 3.8) is 0 Å². The third-order valence-electron chi connectivity index (χ3n) is 5.98. The minimum Gasteiger partial charge on any atom is -0.303 e. The summed E-state index contributed by atoms with van der Waals surface area (Å²) in [5, 5.41) is 0. The van der Waals surface area contributed by atoms with Gasteiger partial charge in [0.05, 0.1) is 0 Å². The highest BCUT2D eigenvalue weighted by Crippen LogP contribution is 2.43. The van der Waals surface area contributed by atoms with E-state index >= 15 is 0 Å². The van der Waals surface area contributed by atoms with E-state index < -0.39 is 0 Å². The zero-order valence-electron chi connectivity index (χ0n) is 12.4. The number of likely N-dealkylation sites (tertiary alicyclic amines) is 1. The second-order valence-corrected chi connectivity index (χ2v) is 7.31. The summed E-state index contributed by atoms with van der Waals surface area (Å²) >= 11 is 0. The van der Waals surface area contributed by atoms with Crippen LogP contribution in [0.4, 0.5) is 0 Å². The van der Waals surface area contributed by atoms with E-state index in [9.17, 15) is 4.79 Å². The third kappa shape index (κ3) is 2.89. The van der Waals surface area contributed by atoms with Crippen LogP contribution in [0, 0.1) is 11.8 Å². The van der Waals surface area contributed by atoms with Crippen molar-refractivity contribution in [2.45, 2.75) is 89.3 Å². The number of fused-ring (bicyclic) bond motifs is 2. The fourth-order valence-electron chi connectivity index (χ4n) is 5.26. The summed E-state index contributed by atoms with van der Waals surface area (Å²) < 4.78 is 0. The molecule has 0 aromatic heterocycles. The van der Waals surface area contributed by atoms with Gasteiger partial charge in [0.25, 0.3) is 0 Å². The van der Waals surface area contributed by atoms with Gasteiger partial charge in [0, 0.05) is 24.5 Å². The van der Waals surface area contributed by atoms with E-state index in [0.717, 1.165) is 30.6 Å². The van der Waals surface area contributed by atoms with E-state index in [2.05, 4.69) is 11.8 Å². The maximum Gasteiger partial charge on any atom is 0.121 e. The molecule has 0 N–H and O–H groups in total. The predicted molar refractivity (Wildman–Crippen MR) is 78.1 cm³/mol. The summed E-state index contributed by atoms with van der Waals surface area (Å²) in [5.41, 5.74) is 0. The molecule has 3 aliphatic rings. The second-order valence-electron chi connectivity index (χ2n) is 7.31. The van der Waals surface area contributed by atoms with Crippen LogP contribution in [0.3, 0.4) is 0 Å². The van der Waals surface area contributed by atoms with E-state index in [1.54, 1.807) is 0 Å². The summed E-state index contributed by atoms with van der Waals surface area (Å²) in [7, 11) is 0. The molecule has 2 saturated carbocycles. The summed E-state index contributed by atoms with van der Waals surface area (Å²) in [4.78, 5) is 13.7. The smallest absolute Gasteiger partial charge is 0.121 e. The molecule has 19 heavy (non-hydrogen) atoms. The molecule has 1 saturated heterocycles. The van der Waals surface area contributed by atoms with E-state index in [4.69, 9.17) is 0 Å². The topological polar surface area (TPSA) is 20.3 Å². The van der Waals surface area contributed by atoms with Gasteiger partial charge in [-0.2, -0.15) is 0 Å². The van der Waals surface area contributed by atoms with Gasteiger partial charge in [0.2, 0.25) is 0 Å². The van der Waals surface area contributed by atoms with Crippen LogP contribution in [-0.2, 0) is 4.79 Å². The van der Waals surface area contributed by atoms with E-state index in [1.165, 1.54) is 57.8 Å². The minimum absolute atomic E-state index is 0.546. The molecule has 0 radical (unpaired) electrons. The standard InChI is InChI=1S/C17H29NO/c1-13-4-2-7-16(8-9-19)18(13)17-11-14-5-3-6-15(10-14)12-17/h9,13-17H,2-8,10-12H2,1H3. The monoisotopic (exact) mass is 263 g/mol. The van der Waals surface area contributed by atoms with Gasteiger partial charge in [0.15, 0.2) is 0 Å². The Kier molecular flexibility index (Phi) is 4.26. The Labute approximate surface area is 117 Å². The summed E-state index contributed by atoms with van der Waals surface area (Å²) in [6.45, 7) is 2.39. The average molecular weight is 263 g/mol. The maximum absolute atomic E-state index is 11.0. The highest BCUT2D eigenvalue weighted by Gasteiger charge is 2.39. The Morgan fingerprint density at radius 2 is 1.68 bits per heavy atom. The van der Waals surface area contributed by atoms with Crippen LogP contribution in [0.1, 0.15) is 71.1 Å². The first-order chi connectivity index (χ1) is 9.28. The Bertz CT molecular complexity index is 304. The lowest BCUT2D eigenvalue weighted by Gasteiger charge is -2.50. The molecule has 108 valence electrons. The van der Waals surface area contributed by atoms with Gasteiger partial charge in [-0.1, -0.05) is 25.7 Å². The highest BCUT2D eigenvalue weighted by molar-refractivity contribution is 5.50. The fraction of sp³-hybridized carbons (Fsp3) is 0.941. The normalized spacial score (nSPS) is 43.9. The van der Waals surface area contributed by atoms with Crippen molar-refractivity contribution in [1.29, 1.82) is 0 Å². The maximum atomic E-state index is 11.0. The van der Waals surface area contributed by atoms with Gasteiger partial charge in [0.1, 0.15) is 6.29 Å². The number of nitrogens with zero attached hydrogens (tertiary/aromatic N) is 1. The van der Waals surface area contributed by atoms with Crippen molar-refractivity contribution in [1.82, 2.24) is 4.90 Å². The molecule has 2 bridgehead atoms. The van der Waals surface area contributed by atoms with Gasteiger partial charge in [-0.05, 0) is 50.9 Å². The molecule has 0 amide bonds. The van der Waals surface area contributed by atoms with E-state index in [1.807, 2.05) is 0 Å². The molecule has 0 aromatic carbocycles. The molecule has 3 fully saturated rings. The van der Waals surface area contributed by atoms with Crippen molar-refractivity contribution < 1.29 is 4.79 Å². The minimum atomic E-state index is 0.546. The lowest BCUT2D eigenvalue weighted by molar-refractivity contribution is -0.110. The van der Waals surface area contributed by atoms with Crippen molar-refractivity contribution in [2.75, 3.05) is 0 Å². The molecular weight excluding hydrogens is 234 g/mol. The Hall–Kier alpha value is -0.370. The quantitative estimate of drug-likeness (QED) is 0.722. The lowest BCUT2D eigenvalue weighted by Crippen LogP contribution is -2.53. The molecular formula is C17H29NO. The van der Waals surface area contributed by atoms with Crippen molar-refractivity contribution in [3.05, 3.63) is 0 Å². The molecule has 0 spiro atoms. The Balaban J connectivity index is 1.72. The number of carbonyl (C=O) groups excluding carboxylic acids is 1. The molecule has 4 unspecified atom stereocenters. The summed E-state index contributed by atoms with van der Waals surface area (Å²) in [6, 6.07) is 2.02. The summed E-state index contributed by atoms with van der Waals surface area (Å²) in [6.07, 6.45) is 14.5. The fourth-order valence-corrected chi connectivity index (χ4v) is 5.26. The first-order valence-corrected chi connectivity index (χ1v) is 8.49. The predicted octanol–water partition coefficient (Wildman–Crippen LogP) is 3.79. The number of hydrogen-bond donors (Lipinski definition) is 0. The van der Waals surface area contributed by atoms with Crippen LogP contribution >= 0.6 is 0 Å². The van der Waals surface area contributed by atoms with Crippen LogP contribution in [-0.4, -0.2) is 29.3 Å². The van der Waals surface area contributed by atoms with Gasteiger partial charge in [-0.3, -0.25) is 4.90 Å². The van der Waals surface area contributed by atoms with Crippen LogP contribution in [0.25, 0.3) is 0 Å². The molecule has 2 nitrogen and oxygen atoms in total. The van der Waals surface area contributed by atoms with Crippen LogP contribution in [0.15, 0.2) is 0 Å². The first kappa shape index (κ1) is 13.6. The van der Waals surface area contributed by atoms with Gasteiger partial charge >= 0.3 is 0 Å². The Morgan fingerprint density at radius 1 is 1.00 bits per heavy atom. The molecule has 4 atom stereocenters. The highest BCUT2D eigenvalue weighted by atomic mass is 16.1. The van der Waals surface area contributed by atoms with Crippen LogP contribution < -0.4 is 0 Å². The molecule has 1 heterocycles. The SMILES string of the molecule is CC1CCCC(CC=O)N1C1CC2CCCC(C2)C1. The third-order valence-corrected chi connectivity index (χ3v) is 5.98. The number of piperidine rings is 1. The molecule has 0 aromatic rings. The Morgan fingerprint density at radius 3 is 2.37 bits per heavy atom. The van der Waals surface area contributed by atoms with E-state index in [-0.39, 0.29) is 0 Å². The van der Waals surface area contributed by atoms with Crippen molar-refractivity contribution in [3.8, 4) is 0 Å². The molecule has 1 aliphatic heterocycles. The number of hydrogen-bond acceptors (Lipinski definition) is 2. The number of carbonyl (C=O) groups is 1. The van der Waals surface area contributed by atoms with E-state index in [0.29, 0.717) is 12.1 Å². The van der Waals surface area contributed by atoms with Crippen molar-refractivity contribution >= 4 is 6.29 Å². The largest absolute Gasteiger partial charge is 0.303 e. The average Bonchev–Trinajstić information content (AvgIpc) is 2.38. The molecule has 3 rings (SSSR count). The van der Waals surface area contributed by atoms with Gasteiger partial charge in [-0.15, -0.1) is 0 Å². The number of rotatable bonds is 3. The van der Waals surface area contributed by atoms with Crippen LogP contribution in [0.2, 0.25) is 0 Å². The first-order valence-electron chi connectivity index (χ1n) is 8.49. The van der Waals surface area contributed by atoms with Gasteiger partial charge < -0.3 is 4.79 Å². The zero-order valence-corrected chi connectivity index (χ0v) is 12.4. The summed E-state index contributed by atoms with van der Waals surface area (Å²) in [5.74, 6) is 1.98. The van der Waals surface area contributed by atoms with Crippen molar-refractivity contribution in [2.24, 2.45) is 11.8 Å². The lowest BCUT2D eigenvalue weighted by atomic mass is 9.69. The number of aldehydes is 1. The second kappa shape index (κ2) is 5.95.